The van der Waals surface area contributed by atoms with E-state index < -0.39 is 0 Å². The molecule has 1 aromatic heterocycles. The van der Waals surface area contributed by atoms with E-state index in [1.165, 1.54) is 4.88 Å². The Morgan fingerprint density at radius 3 is 2.69 bits per heavy atom. The first kappa shape index (κ1) is 11.3. The predicted octanol–water partition coefficient (Wildman–Crippen LogP) is 3.46. The van der Waals surface area contributed by atoms with E-state index in [1.54, 1.807) is 11.3 Å². The summed E-state index contributed by atoms with van der Waals surface area (Å²) >= 11 is 13.2. The van der Waals surface area contributed by atoms with Crippen molar-refractivity contribution in [1.82, 2.24) is 4.90 Å². The van der Waals surface area contributed by atoms with Crippen LogP contribution in [0.5, 0.6) is 0 Å². The van der Waals surface area contributed by atoms with Crippen molar-refractivity contribution in [2.24, 2.45) is 0 Å². The van der Waals surface area contributed by atoms with Crippen LogP contribution < -0.4 is 0 Å². The Labute approximate surface area is 93.3 Å². The smallest absolute Gasteiger partial charge is 0.0931 e. The van der Waals surface area contributed by atoms with E-state index >= 15 is 0 Å². The van der Waals surface area contributed by atoms with Gasteiger partial charge in [-0.3, -0.25) is 4.90 Å². The summed E-state index contributed by atoms with van der Waals surface area (Å²) in [5, 5.41) is 0. The van der Waals surface area contributed by atoms with E-state index in [0.717, 1.165) is 24.0 Å². The Balaban J connectivity index is 2.46. The second-order valence-electron chi connectivity index (χ2n) is 2.76. The molecule has 0 aliphatic carbocycles. The van der Waals surface area contributed by atoms with Crippen molar-refractivity contribution < 1.29 is 0 Å². The summed E-state index contributed by atoms with van der Waals surface area (Å²) in [6.07, 6.45) is 0. The minimum absolute atomic E-state index is 0.687. The number of alkyl halides is 1. The van der Waals surface area contributed by atoms with Crippen LogP contribution in [0.15, 0.2) is 12.1 Å². The first-order valence-corrected chi connectivity index (χ1v) is 6.01. The molecule has 1 nitrogen and oxygen atoms in total. The Morgan fingerprint density at radius 1 is 1.46 bits per heavy atom. The predicted molar refractivity (Wildman–Crippen MR) is 61.0 cm³/mol. The summed E-state index contributed by atoms with van der Waals surface area (Å²) in [6, 6.07) is 4.01. The Hall–Kier alpha value is 0.240. The van der Waals surface area contributed by atoms with Crippen LogP contribution in [0.3, 0.4) is 0 Å². The fraction of sp³-hybridized carbons (Fsp3) is 0.556. The average molecular weight is 238 g/mol. The molecule has 0 N–H and O–H groups in total. The molecular weight excluding hydrogens is 225 g/mol. The molecule has 1 heterocycles. The lowest BCUT2D eigenvalue weighted by atomic mass is 10.4. The topological polar surface area (TPSA) is 3.24 Å². The highest BCUT2D eigenvalue weighted by Crippen LogP contribution is 2.22. The van der Waals surface area contributed by atoms with Crippen LogP contribution in [0.4, 0.5) is 0 Å². The SMILES string of the molecule is CCN(CCCl)Cc1ccc(Cl)s1. The zero-order chi connectivity index (χ0) is 9.68. The van der Waals surface area contributed by atoms with E-state index in [1.807, 2.05) is 6.07 Å². The molecule has 0 aromatic carbocycles. The monoisotopic (exact) mass is 237 g/mol. The number of hydrogen-bond acceptors (Lipinski definition) is 2. The van der Waals surface area contributed by atoms with E-state index in [2.05, 4.69) is 17.9 Å². The molecule has 0 radical (unpaired) electrons. The van der Waals surface area contributed by atoms with Gasteiger partial charge in [-0.25, -0.2) is 0 Å². The minimum Gasteiger partial charge on any atom is -0.297 e. The summed E-state index contributed by atoms with van der Waals surface area (Å²) in [6.45, 7) is 5.07. The van der Waals surface area contributed by atoms with Gasteiger partial charge in [-0.05, 0) is 18.7 Å². The third kappa shape index (κ3) is 3.86. The van der Waals surface area contributed by atoms with Gasteiger partial charge in [0.15, 0.2) is 0 Å². The maximum atomic E-state index is 5.84. The zero-order valence-electron chi connectivity index (χ0n) is 7.59. The van der Waals surface area contributed by atoms with Crippen LogP contribution >= 0.6 is 34.5 Å². The number of nitrogens with zero attached hydrogens (tertiary/aromatic N) is 1. The van der Waals surface area contributed by atoms with Gasteiger partial charge >= 0.3 is 0 Å². The molecule has 0 aliphatic heterocycles. The van der Waals surface area contributed by atoms with Crippen molar-refractivity contribution in [1.29, 1.82) is 0 Å². The second kappa shape index (κ2) is 5.86. The molecule has 0 aliphatic rings. The van der Waals surface area contributed by atoms with Gasteiger partial charge in [0.1, 0.15) is 0 Å². The quantitative estimate of drug-likeness (QED) is 0.710. The maximum absolute atomic E-state index is 5.84. The zero-order valence-corrected chi connectivity index (χ0v) is 9.92. The molecule has 1 aromatic rings. The first-order chi connectivity index (χ1) is 6.26. The highest BCUT2D eigenvalue weighted by Gasteiger charge is 2.04. The fourth-order valence-electron chi connectivity index (χ4n) is 1.13. The van der Waals surface area contributed by atoms with Crippen molar-refractivity contribution in [3.8, 4) is 0 Å². The summed E-state index contributed by atoms with van der Waals surface area (Å²) in [5.74, 6) is 0.687. The molecular formula is C9H13Cl2NS. The van der Waals surface area contributed by atoms with E-state index in [9.17, 15) is 0 Å². The van der Waals surface area contributed by atoms with Crippen LogP contribution in [0.2, 0.25) is 4.34 Å². The maximum Gasteiger partial charge on any atom is 0.0931 e. The molecule has 1 rings (SSSR count). The molecule has 13 heavy (non-hydrogen) atoms. The van der Waals surface area contributed by atoms with Crippen LogP contribution in [0, 0.1) is 0 Å². The van der Waals surface area contributed by atoms with Gasteiger partial charge in [0.05, 0.1) is 4.34 Å². The van der Waals surface area contributed by atoms with E-state index in [-0.39, 0.29) is 0 Å². The Bertz CT molecular complexity index is 250. The Morgan fingerprint density at radius 2 is 2.23 bits per heavy atom. The molecule has 0 spiro atoms. The molecule has 0 bridgehead atoms. The van der Waals surface area contributed by atoms with E-state index in [0.29, 0.717) is 5.88 Å². The third-order valence-electron chi connectivity index (χ3n) is 1.86. The normalized spacial score (nSPS) is 11.1. The van der Waals surface area contributed by atoms with E-state index in [4.69, 9.17) is 23.2 Å². The number of halogens is 2. The van der Waals surface area contributed by atoms with Gasteiger partial charge in [0.25, 0.3) is 0 Å². The van der Waals surface area contributed by atoms with Crippen molar-refractivity contribution in [3.05, 3.63) is 21.3 Å². The number of thiophene rings is 1. The third-order valence-corrected chi connectivity index (χ3v) is 3.24. The highest BCUT2D eigenvalue weighted by atomic mass is 35.5. The fourth-order valence-corrected chi connectivity index (χ4v) is 2.49. The van der Waals surface area contributed by atoms with Gasteiger partial charge in [0.2, 0.25) is 0 Å². The largest absolute Gasteiger partial charge is 0.297 e. The van der Waals surface area contributed by atoms with Crippen molar-refractivity contribution in [3.63, 3.8) is 0 Å². The van der Waals surface area contributed by atoms with Gasteiger partial charge in [-0.1, -0.05) is 18.5 Å². The summed E-state index contributed by atoms with van der Waals surface area (Å²) in [5.41, 5.74) is 0. The highest BCUT2D eigenvalue weighted by molar-refractivity contribution is 7.16. The lowest BCUT2D eigenvalue weighted by molar-refractivity contribution is 0.300. The van der Waals surface area contributed by atoms with Gasteiger partial charge < -0.3 is 0 Å². The summed E-state index contributed by atoms with van der Waals surface area (Å²) < 4.78 is 0.858. The number of hydrogen-bond donors (Lipinski definition) is 0. The first-order valence-electron chi connectivity index (χ1n) is 4.28. The van der Waals surface area contributed by atoms with Crippen LogP contribution in [0.1, 0.15) is 11.8 Å². The van der Waals surface area contributed by atoms with Crippen LogP contribution in [-0.2, 0) is 6.54 Å². The lowest BCUT2D eigenvalue weighted by Gasteiger charge is -2.17. The summed E-state index contributed by atoms with van der Waals surface area (Å²) in [7, 11) is 0. The van der Waals surface area contributed by atoms with Gasteiger partial charge in [-0.15, -0.1) is 22.9 Å². The molecule has 0 fully saturated rings. The van der Waals surface area contributed by atoms with Crippen LogP contribution in [0.25, 0.3) is 0 Å². The molecule has 4 heteroatoms. The Kier molecular flexibility index (Phi) is 5.10. The van der Waals surface area contributed by atoms with Crippen molar-refractivity contribution in [2.45, 2.75) is 13.5 Å². The molecule has 74 valence electrons. The molecule has 0 saturated carbocycles. The van der Waals surface area contributed by atoms with Crippen LogP contribution in [-0.4, -0.2) is 23.9 Å². The van der Waals surface area contributed by atoms with Crippen molar-refractivity contribution in [2.75, 3.05) is 19.0 Å². The van der Waals surface area contributed by atoms with Gasteiger partial charge in [0, 0.05) is 23.8 Å². The minimum atomic E-state index is 0.687. The number of rotatable bonds is 5. The van der Waals surface area contributed by atoms with Gasteiger partial charge in [-0.2, -0.15) is 0 Å². The summed E-state index contributed by atoms with van der Waals surface area (Å²) in [4.78, 5) is 3.60. The lowest BCUT2D eigenvalue weighted by Crippen LogP contribution is -2.24. The molecule has 0 amide bonds. The molecule has 0 atom stereocenters. The van der Waals surface area contributed by atoms with Crippen molar-refractivity contribution >= 4 is 34.5 Å². The molecule has 0 unspecified atom stereocenters. The second-order valence-corrected chi connectivity index (χ2v) is 4.94. The average Bonchev–Trinajstić information content (AvgIpc) is 2.50. The molecule has 0 saturated heterocycles. The standard InChI is InChI=1S/C9H13Cl2NS/c1-2-12(6-5-10)7-8-3-4-9(11)13-8/h3-4H,2,5-7H2,1H3.